The van der Waals surface area contributed by atoms with Gasteiger partial charge in [-0.3, -0.25) is 4.99 Å². The number of aryl methyl sites for hydroxylation is 3. The summed E-state index contributed by atoms with van der Waals surface area (Å²) in [6, 6.07) is 8.69. The number of aromatic nitrogens is 3. The highest BCUT2D eigenvalue weighted by Crippen LogP contribution is 2.16. The van der Waals surface area contributed by atoms with Crippen molar-refractivity contribution < 1.29 is 0 Å². The van der Waals surface area contributed by atoms with E-state index in [2.05, 4.69) is 75.3 Å². The van der Waals surface area contributed by atoms with E-state index in [0.29, 0.717) is 0 Å². The smallest absolute Gasteiger partial charge is 0.191 e. The fourth-order valence-corrected chi connectivity index (χ4v) is 4.10. The second kappa shape index (κ2) is 12.3. The third-order valence-electron chi connectivity index (χ3n) is 5.78. The van der Waals surface area contributed by atoms with Crippen LogP contribution in [0.1, 0.15) is 56.7 Å². The number of nitrogens with one attached hydrogen (secondary N) is 2. The van der Waals surface area contributed by atoms with Crippen LogP contribution in [0.4, 0.5) is 5.69 Å². The Kier molecular flexibility index (Phi) is 9.18. The molecule has 0 spiro atoms. The van der Waals surface area contributed by atoms with E-state index in [0.717, 1.165) is 70.3 Å². The van der Waals surface area contributed by atoms with Crippen LogP contribution in [0.3, 0.4) is 0 Å². The summed E-state index contributed by atoms with van der Waals surface area (Å²) in [4.78, 5) is 7.16. The monoisotopic (exact) mass is 425 g/mol. The predicted molar refractivity (Wildman–Crippen MR) is 129 cm³/mol. The largest absolute Gasteiger partial charge is 0.370 e. The van der Waals surface area contributed by atoms with Crippen LogP contribution in [0.25, 0.3) is 0 Å². The number of guanidine groups is 1. The summed E-state index contributed by atoms with van der Waals surface area (Å²) in [6.45, 7) is 11.9. The van der Waals surface area contributed by atoms with Gasteiger partial charge in [0.05, 0.1) is 0 Å². The Bertz CT molecular complexity index is 827. The molecule has 31 heavy (non-hydrogen) atoms. The molecule has 0 saturated carbocycles. The van der Waals surface area contributed by atoms with E-state index in [4.69, 9.17) is 4.99 Å². The van der Waals surface area contributed by atoms with Crippen LogP contribution < -0.4 is 15.5 Å². The number of hydrogen-bond donors (Lipinski definition) is 2. The van der Waals surface area contributed by atoms with Crippen LogP contribution >= 0.6 is 0 Å². The number of aliphatic imine (C=N–C) groups is 1. The molecular weight excluding hydrogens is 386 g/mol. The van der Waals surface area contributed by atoms with Crippen molar-refractivity contribution in [3.05, 3.63) is 41.5 Å². The summed E-state index contributed by atoms with van der Waals surface area (Å²) in [5, 5.41) is 15.7. The molecule has 7 heteroatoms. The van der Waals surface area contributed by atoms with E-state index in [9.17, 15) is 0 Å². The summed E-state index contributed by atoms with van der Waals surface area (Å²) in [6.07, 6.45) is 6.76. The van der Waals surface area contributed by atoms with E-state index in [1.54, 1.807) is 0 Å². The number of benzene rings is 1. The molecule has 0 bridgehead atoms. The van der Waals surface area contributed by atoms with Gasteiger partial charge in [-0.15, -0.1) is 10.2 Å². The lowest BCUT2D eigenvalue weighted by Gasteiger charge is -2.24. The maximum atomic E-state index is 4.77. The molecule has 1 aromatic heterocycles. The van der Waals surface area contributed by atoms with E-state index >= 15 is 0 Å². The van der Waals surface area contributed by atoms with Gasteiger partial charge in [0.15, 0.2) is 5.96 Å². The second-order valence-corrected chi connectivity index (χ2v) is 8.20. The first-order valence-electron chi connectivity index (χ1n) is 12.0. The molecular formula is C24H39N7. The van der Waals surface area contributed by atoms with Crippen molar-refractivity contribution in [2.24, 2.45) is 4.99 Å². The fraction of sp³-hybridized carbons (Fsp3) is 0.625. The van der Waals surface area contributed by atoms with Crippen LogP contribution in [-0.2, 0) is 19.4 Å². The molecule has 1 aliphatic rings. The molecule has 3 rings (SSSR count). The van der Waals surface area contributed by atoms with Crippen molar-refractivity contribution in [2.75, 3.05) is 37.6 Å². The zero-order valence-corrected chi connectivity index (χ0v) is 19.5. The quantitative estimate of drug-likeness (QED) is 0.347. The van der Waals surface area contributed by atoms with Crippen molar-refractivity contribution >= 4 is 11.6 Å². The molecule has 2 aromatic rings. The number of hydrogen-bond acceptors (Lipinski definition) is 4. The lowest BCUT2D eigenvalue weighted by molar-refractivity contribution is 0.597. The van der Waals surface area contributed by atoms with Gasteiger partial charge in [0.25, 0.3) is 0 Å². The average Bonchev–Trinajstić information content (AvgIpc) is 3.00. The van der Waals surface area contributed by atoms with Crippen molar-refractivity contribution in [1.82, 2.24) is 25.4 Å². The van der Waals surface area contributed by atoms with Crippen molar-refractivity contribution in [1.29, 1.82) is 0 Å². The van der Waals surface area contributed by atoms with Crippen LogP contribution in [0, 0.1) is 6.92 Å². The molecule has 0 aliphatic carbocycles. The number of nitrogens with zero attached hydrogens (tertiary/aromatic N) is 5. The van der Waals surface area contributed by atoms with Crippen molar-refractivity contribution in [3.63, 3.8) is 0 Å². The molecule has 7 nitrogen and oxygen atoms in total. The van der Waals surface area contributed by atoms with Gasteiger partial charge in [0, 0.05) is 57.8 Å². The van der Waals surface area contributed by atoms with Crippen LogP contribution in [-0.4, -0.2) is 53.4 Å². The van der Waals surface area contributed by atoms with E-state index < -0.39 is 0 Å². The molecule has 2 N–H and O–H groups in total. The van der Waals surface area contributed by atoms with Crippen LogP contribution in [0.2, 0.25) is 0 Å². The van der Waals surface area contributed by atoms with Crippen molar-refractivity contribution in [3.8, 4) is 0 Å². The predicted octanol–water partition coefficient (Wildman–Crippen LogP) is 3.33. The fourth-order valence-electron chi connectivity index (χ4n) is 4.10. The van der Waals surface area contributed by atoms with Gasteiger partial charge in [-0.05, 0) is 57.7 Å². The molecule has 0 unspecified atom stereocenters. The minimum atomic E-state index is 0.785. The Hall–Kier alpha value is -2.57. The minimum absolute atomic E-state index is 0.785. The van der Waals surface area contributed by atoms with Crippen LogP contribution in [0.5, 0.6) is 0 Å². The maximum Gasteiger partial charge on any atom is 0.191 e. The van der Waals surface area contributed by atoms with Gasteiger partial charge in [-0.2, -0.15) is 0 Å². The van der Waals surface area contributed by atoms with E-state index in [-0.39, 0.29) is 0 Å². The standard InChI is InChI=1S/C24H39N7/c1-4-25-24(27-16-18-30(5-2)21-12-9-11-20(3)19-21)26-15-10-14-23-29-28-22-13-7-6-8-17-31(22)23/h9,11-12,19H,4-8,10,13-18H2,1-3H3,(H2,25,26,27). The van der Waals surface area contributed by atoms with Crippen molar-refractivity contribution in [2.45, 2.75) is 65.8 Å². The Labute approximate surface area is 187 Å². The molecule has 0 radical (unpaired) electrons. The van der Waals surface area contributed by atoms with Gasteiger partial charge in [-0.1, -0.05) is 18.6 Å². The number of rotatable bonds is 10. The van der Waals surface area contributed by atoms with Gasteiger partial charge in [-0.25, -0.2) is 0 Å². The highest BCUT2D eigenvalue weighted by molar-refractivity contribution is 5.79. The minimum Gasteiger partial charge on any atom is -0.370 e. The number of anilines is 1. The first-order chi connectivity index (χ1) is 15.2. The summed E-state index contributed by atoms with van der Waals surface area (Å²) in [7, 11) is 0. The molecule has 1 aromatic carbocycles. The van der Waals surface area contributed by atoms with Gasteiger partial charge in [0.1, 0.15) is 11.6 Å². The first kappa shape index (κ1) is 23.1. The summed E-state index contributed by atoms with van der Waals surface area (Å²) in [5.41, 5.74) is 2.57. The van der Waals surface area contributed by atoms with E-state index in [1.807, 2.05) is 0 Å². The maximum absolute atomic E-state index is 4.77. The zero-order valence-electron chi connectivity index (χ0n) is 19.5. The average molecular weight is 426 g/mol. The Balaban J connectivity index is 1.46. The highest BCUT2D eigenvalue weighted by atomic mass is 15.3. The Morgan fingerprint density at radius 3 is 2.87 bits per heavy atom. The molecule has 0 amide bonds. The molecule has 2 heterocycles. The molecule has 0 atom stereocenters. The number of fused-ring (bicyclic) bond motifs is 1. The van der Waals surface area contributed by atoms with Gasteiger partial charge >= 0.3 is 0 Å². The van der Waals surface area contributed by atoms with E-state index in [1.165, 1.54) is 36.3 Å². The summed E-state index contributed by atoms with van der Waals surface area (Å²) >= 11 is 0. The molecule has 170 valence electrons. The second-order valence-electron chi connectivity index (χ2n) is 8.20. The molecule has 1 aliphatic heterocycles. The molecule has 0 fully saturated rings. The summed E-state index contributed by atoms with van der Waals surface area (Å²) in [5.74, 6) is 3.18. The lowest BCUT2D eigenvalue weighted by Crippen LogP contribution is -2.41. The third-order valence-corrected chi connectivity index (χ3v) is 5.78. The highest BCUT2D eigenvalue weighted by Gasteiger charge is 2.14. The topological polar surface area (TPSA) is 70.4 Å². The Morgan fingerprint density at radius 1 is 1.16 bits per heavy atom. The SMILES string of the molecule is CCNC(=NCCCc1nnc2n1CCCCC2)NCCN(CC)c1cccc(C)c1. The lowest BCUT2D eigenvalue weighted by atomic mass is 10.2. The molecule has 0 saturated heterocycles. The van der Waals surface area contributed by atoms with Gasteiger partial charge < -0.3 is 20.1 Å². The zero-order chi connectivity index (χ0) is 21.9. The Morgan fingerprint density at radius 2 is 2.06 bits per heavy atom. The third kappa shape index (κ3) is 6.97. The summed E-state index contributed by atoms with van der Waals surface area (Å²) < 4.78 is 2.34. The number of likely N-dealkylation sites (N-methyl/N-ethyl adjacent to an activating group) is 1. The van der Waals surface area contributed by atoms with Crippen LogP contribution in [0.15, 0.2) is 29.3 Å². The first-order valence-corrected chi connectivity index (χ1v) is 12.0. The van der Waals surface area contributed by atoms with Gasteiger partial charge in [0.2, 0.25) is 0 Å². The normalized spacial score (nSPS) is 14.1.